The first-order valence-corrected chi connectivity index (χ1v) is 9.27. The lowest BCUT2D eigenvalue weighted by Crippen LogP contribution is -2.23. The van der Waals surface area contributed by atoms with E-state index in [2.05, 4.69) is 10.4 Å². The first-order chi connectivity index (χ1) is 13.1. The first kappa shape index (κ1) is 19.6. The highest BCUT2D eigenvalue weighted by Gasteiger charge is 2.18. The molecule has 0 aliphatic carbocycles. The molecule has 3 rings (SSSR count). The monoisotopic (exact) mass is 378 g/mol. The van der Waals surface area contributed by atoms with E-state index >= 15 is 0 Å². The van der Waals surface area contributed by atoms with Gasteiger partial charge in [0, 0.05) is 30.6 Å². The Morgan fingerprint density at radius 1 is 1.04 bits per heavy atom. The molecule has 146 valence electrons. The smallest absolute Gasteiger partial charge is 0.231 e. The van der Waals surface area contributed by atoms with Crippen molar-refractivity contribution in [3.8, 4) is 0 Å². The fourth-order valence-electron chi connectivity index (χ4n) is 2.93. The second kappa shape index (κ2) is 7.46. The van der Waals surface area contributed by atoms with Gasteiger partial charge in [-0.25, -0.2) is 0 Å². The molecule has 0 radical (unpaired) electrons. The van der Waals surface area contributed by atoms with E-state index in [4.69, 9.17) is 0 Å². The van der Waals surface area contributed by atoms with Crippen molar-refractivity contribution in [3.05, 3.63) is 71.2 Å². The Kier molecular flexibility index (Phi) is 5.23. The second-order valence-corrected chi connectivity index (χ2v) is 8.01. The Morgan fingerprint density at radius 2 is 1.71 bits per heavy atom. The topological polar surface area (TPSA) is 68.9 Å². The van der Waals surface area contributed by atoms with Gasteiger partial charge in [-0.2, -0.15) is 5.10 Å². The van der Waals surface area contributed by atoms with E-state index < -0.39 is 0 Å². The average molecular weight is 378 g/mol. The predicted octanol–water partition coefficient (Wildman–Crippen LogP) is 3.70. The molecule has 1 amide bonds. The van der Waals surface area contributed by atoms with Crippen molar-refractivity contribution in [1.82, 2.24) is 14.3 Å². The van der Waals surface area contributed by atoms with Gasteiger partial charge in [0.05, 0.1) is 17.7 Å². The number of hydrogen-bond acceptors (Lipinski definition) is 3. The van der Waals surface area contributed by atoms with E-state index in [9.17, 15) is 9.59 Å². The number of aromatic nitrogens is 3. The molecule has 0 aliphatic heterocycles. The van der Waals surface area contributed by atoms with Crippen molar-refractivity contribution in [2.24, 2.45) is 7.05 Å². The summed E-state index contributed by atoms with van der Waals surface area (Å²) < 4.78 is 3.58. The molecule has 3 aromatic rings. The van der Waals surface area contributed by atoms with Gasteiger partial charge in [0.25, 0.3) is 0 Å². The number of rotatable bonds is 5. The summed E-state index contributed by atoms with van der Waals surface area (Å²) in [5, 5.41) is 7.21. The zero-order valence-corrected chi connectivity index (χ0v) is 17.0. The Labute approximate surface area is 165 Å². The molecule has 0 fully saturated rings. The first-order valence-electron chi connectivity index (χ1n) is 9.27. The van der Waals surface area contributed by atoms with Gasteiger partial charge in [0.1, 0.15) is 0 Å². The standard InChI is InChI=1S/C22H26N4O2/c1-15-6-8-16(9-7-15)21(28)18-11-10-17(25(18)5)14-20(27)23-19-12-13-26(24-19)22(2,3)4/h6-13H,14H2,1-5H3,(H,23,24,27). The van der Waals surface area contributed by atoms with Gasteiger partial charge in [-0.3, -0.25) is 14.3 Å². The number of aryl methyl sites for hydroxylation is 1. The van der Waals surface area contributed by atoms with Crippen molar-refractivity contribution < 1.29 is 9.59 Å². The Morgan fingerprint density at radius 3 is 2.32 bits per heavy atom. The number of nitrogens with one attached hydrogen (secondary N) is 1. The second-order valence-electron chi connectivity index (χ2n) is 8.01. The molecule has 28 heavy (non-hydrogen) atoms. The maximum absolute atomic E-state index is 12.7. The molecule has 6 nitrogen and oxygen atoms in total. The molecule has 1 aromatic carbocycles. The van der Waals surface area contributed by atoms with Crippen molar-refractivity contribution >= 4 is 17.5 Å². The summed E-state index contributed by atoms with van der Waals surface area (Å²) in [7, 11) is 1.80. The molecule has 0 spiro atoms. The maximum atomic E-state index is 12.7. The number of ketones is 1. The van der Waals surface area contributed by atoms with Gasteiger partial charge in [-0.05, 0) is 39.8 Å². The number of hydrogen-bond donors (Lipinski definition) is 1. The number of carbonyl (C=O) groups is 2. The highest BCUT2D eigenvalue weighted by atomic mass is 16.1. The molecule has 0 aliphatic rings. The molecule has 0 atom stereocenters. The van der Waals surface area contributed by atoms with Crippen LogP contribution in [0.3, 0.4) is 0 Å². The van der Waals surface area contributed by atoms with Crippen LogP contribution in [0.5, 0.6) is 0 Å². The number of anilines is 1. The van der Waals surface area contributed by atoms with Gasteiger partial charge >= 0.3 is 0 Å². The van der Waals surface area contributed by atoms with Gasteiger partial charge in [0.15, 0.2) is 5.82 Å². The summed E-state index contributed by atoms with van der Waals surface area (Å²) in [6, 6.07) is 12.8. The van der Waals surface area contributed by atoms with Crippen molar-refractivity contribution in [2.45, 2.75) is 39.7 Å². The van der Waals surface area contributed by atoms with Gasteiger partial charge in [-0.1, -0.05) is 29.8 Å². The molecule has 0 saturated heterocycles. The zero-order chi connectivity index (χ0) is 20.5. The summed E-state index contributed by atoms with van der Waals surface area (Å²) in [5.41, 5.74) is 2.92. The lowest BCUT2D eigenvalue weighted by Gasteiger charge is -2.18. The van der Waals surface area contributed by atoms with Crippen LogP contribution in [0.15, 0.2) is 48.7 Å². The fourth-order valence-corrected chi connectivity index (χ4v) is 2.93. The third-order valence-electron chi connectivity index (χ3n) is 4.66. The van der Waals surface area contributed by atoms with Gasteiger partial charge in [0.2, 0.25) is 11.7 Å². The van der Waals surface area contributed by atoms with Crippen LogP contribution in [0.1, 0.15) is 48.1 Å². The molecule has 2 aromatic heterocycles. The van der Waals surface area contributed by atoms with Crippen LogP contribution in [0.2, 0.25) is 0 Å². The van der Waals surface area contributed by atoms with Crippen molar-refractivity contribution in [1.29, 1.82) is 0 Å². The molecule has 6 heteroatoms. The number of amides is 1. The quantitative estimate of drug-likeness (QED) is 0.688. The van der Waals surface area contributed by atoms with Crippen molar-refractivity contribution in [3.63, 3.8) is 0 Å². The van der Waals surface area contributed by atoms with Crippen molar-refractivity contribution in [2.75, 3.05) is 5.32 Å². The Hall–Kier alpha value is -3.15. The highest BCUT2D eigenvalue weighted by molar-refractivity contribution is 6.08. The summed E-state index contributed by atoms with van der Waals surface area (Å²) in [6.45, 7) is 8.12. The number of benzene rings is 1. The number of nitrogens with zero attached hydrogens (tertiary/aromatic N) is 3. The van der Waals surface area contributed by atoms with E-state index in [1.807, 2.05) is 68.9 Å². The van der Waals surface area contributed by atoms with E-state index in [0.29, 0.717) is 17.1 Å². The zero-order valence-electron chi connectivity index (χ0n) is 17.0. The van der Waals surface area contributed by atoms with Crippen LogP contribution in [-0.2, 0) is 23.8 Å². The normalized spacial score (nSPS) is 11.5. The molecular formula is C22H26N4O2. The maximum Gasteiger partial charge on any atom is 0.231 e. The minimum Gasteiger partial charge on any atom is -0.344 e. The highest BCUT2D eigenvalue weighted by Crippen LogP contribution is 2.17. The molecule has 2 heterocycles. The minimum atomic E-state index is -0.172. The van der Waals surface area contributed by atoms with Crippen LogP contribution in [0.4, 0.5) is 5.82 Å². The van der Waals surface area contributed by atoms with Crippen LogP contribution < -0.4 is 5.32 Å². The average Bonchev–Trinajstić information content (AvgIpc) is 3.22. The van der Waals surface area contributed by atoms with Crippen LogP contribution >= 0.6 is 0 Å². The summed E-state index contributed by atoms with van der Waals surface area (Å²) in [4.78, 5) is 25.2. The SMILES string of the molecule is Cc1ccc(C(=O)c2ccc(CC(=O)Nc3ccn(C(C)(C)C)n3)n2C)cc1. The molecule has 0 saturated carbocycles. The van der Waals surface area contributed by atoms with Crippen LogP contribution in [-0.4, -0.2) is 26.0 Å². The molecular weight excluding hydrogens is 352 g/mol. The number of carbonyl (C=O) groups excluding carboxylic acids is 2. The third-order valence-corrected chi connectivity index (χ3v) is 4.66. The summed E-state index contributed by atoms with van der Waals surface area (Å²) >= 11 is 0. The van der Waals surface area contributed by atoms with Gasteiger partial charge in [-0.15, -0.1) is 0 Å². The van der Waals surface area contributed by atoms with Crippen LogP contribution in [0.25, 0.3) is 0 Å². The van der Waals surface area contributed by atoms with E-state index in [-0.39, 0.29) is 23.7 Å². The molecule has 1 N–H and O–H groups in total. The fraction of sp³-hybridized carbons (Fsp3) is 0.318. The third kappa shape index (κ3) is 4.22. The predicted molar refractivity (Wildman–Crippen MR) is 110 cm³/mol. The Bertz CT molecular complexity index is 1000. The summed E-state index contributed by atoms with van der Waals surface area (Å²) in [5.74, 6) is 0.290. The van der Waals surface area contributed by atoms with E-state index in [1.165, 1.54) is 0 Å². The van der Waals surface area contributed by atoms with Crippen LogP contribution in [0, 0.1) is 6.92 Å². The Balaban J connectivity index is 1.70. The van der Waals surface area contributed by atoms with E-state index in [1.54, 1.807) is 23.7 Å². The summed E-state index contributed by atoms with van der Waals surface area (Å²) in [6.07, 6.45) is 2.01. The lowest BCUT2D eigenvalue weighted by atomic mass is 10.1. The largest absolute Gasteiger partial charge is 0.344 e. The minimum absolute atomic E-state index is 0.0573. The van der Waals surface area contributed by atoms with E-state index in [0.717, 1.165) is 11.3 Å². The molecule has 0 unspecified atom stereocenters. The van der Waals surface area contributed by atoms with Gasteiger partial charge < -0.3 is 9.88 Å². The lowest BCUT2D eigenvalue weighted by molar-refractivity contribution is -0.115. The molecule has 0 bridgehead atoms.